The van der Waals surface area contributed by atoms with Gasteiger partial charge < -0.3 is 5.84 Å². The third-order valence-electron chi connectivity index (χ3n) is 4.53. The minimum absolute atomic E-state index is 0.00608. The molecule has 1 heterocycles. The van der Waals surface area contributed by atoms with Gasteiger partial charge in [0.25, 0.3) is 5.69 Å². The molecule has 140 valence electrons. The van der Waals surface area contributed by atoms with E-state index in [1.165, 1.54) is 4.68 Å². The number of hydrogen-bond donors (Lipinski definition) is 1. The molecular formula is C15H16F3N5O2S. The van der Waals surface area contributed by atoms with Crippen LogP contribution in [-0.4, -0.2) is 19.4 Å². The molecule has 3 rings (SSSR count). The molecule has 2 N–H and O–H groups in total. The molecule has 0 radical (unpaired) electrons. The molecule has 1 aliphatic rings. The van der Waals surface area contributed by atoms with E-state index in [9.17, 15) is 23.3 Å². The average Bonchev–Trinajstić information content (AvgIpc) is 2.90. The molecule has 0 bridgehead atoms. The van der Waals surface area contributed by atoms with Gasteiger partial charge in [0.05, 0.1) is 10.5 Å². The summed E-state index contributed by atoms with van der Waals surface area (Å²) in [6.45, 7) is 0. The summed E-state index contributed by atoms with van der Waals surface area (Å²) >= 11 is 5.21. The highest BCUT2D eigenvalue weighted by molar-refractivity contribution is 7.71. The van der Waals surface area contributed by atoms with E-state index < -0.39 is 22.4 Å². The number of aromatic nitrogens is 3. The molecule has 1 aromatic heterocycles. The second-order valence-corrected chi connectivity index (χ2v) is 6.58. The first-order valence-corrected chi connectivity index (χ1v) is 8.44. The first-order chi connectivity index (χ1) is 12.2. The van der Waals surface area contributed by atoms with Gasteiger partial charge in [0.2, 0.25) is 4.77 Å². The average molecular weight is 387 g/mol. The smallest absolute Gasteiger partial charge is 0.335 e. The zero-order valence-corrected chi connectivity index (χ0v) is 14.4. The van der Waals surface area contributed by atoms with Crippen LogP contribution in [-0.2, 0) is 6.18 Å². The Labute approximate surface area is 151 Å². The predicted molar refractivity (Wildman–Crippen MR) is 90.0 cm³/mol. The second-order valence-electron chi connectivity index (χ2n) is 6.22. The van der Waals surface area contributed by atoms with E-state index in [1.807, 2.05) is 0 Å². The number of rotatable bonds is 3. The fourth-order valence-corrected chi connectivity index (χ4v) is 3.45. The van der Waals surface area contributed by atoms with Crippen LogP contribution in [0.4, 0.5) is 18.9 Å². The minimum atomic E-state index is -4.69. The summed E-state index contributed by atoms with van der Waals surface area (Å²) in [5, 5.41) is 15.6. The lowest BCUT2D eigenvalue weighted by Crippen LogP contribution is -2.17. The van der Waals surface area contributed by atoms with Crippen LogP contribution in [0.5, 0.6) is 0 Å². The summed E-state index contributed by atoms with van der Waals surface area (Å²) in [4.78, 5) is 10.4. The first-order valence-electron chi connectivity index (χ1n) is 8.03. The Kier molecular flexibility index (Phi) is 4.74. The van der Waals surface area contributed by atoms with Gasteiger partial charge in [-0.3, -0.25) is 10.1 Å². The Morgan fingerprint density at radius 3 is 2.50 bits per heavy atom. The topological polar surface area (TPSA) is 91.9 Å². The molecule has 26 heavy (non-hydrogen) atoms. The van der Waals surface area contributed by atoms with E-state index in [0.29, 0.717) is 11.9 Å². The van der Waals surface area contributed by atoms with Crippen molar-refractivity contribution in [1.29, 1.82) is 0 Å². The quantitative estimate of drug-likeness (QED) is 0.371. The van der Waals surface area contributed by atoms with Crippen LogP contribution in [0.3, 0.4) is 0 Å². The van der Waals surface area contributed by atoms with Gasteiger partial charge in [-0.2, -0.15) is 17.9 Å². The lowest BCUT2D eigenvalue weighted by molar-refractivity contribution is -0.384. The van der Waals surface area contributed by atoms with Crippen LogP contribution in [0.1, 0.15) is 49.4 Å². The molecule has 1 fully saturated rings. The maximum Gasteiger partial charge on any atom is 0.416 e. The molecule has 7 nitrogen and oxygen atoms in total. The van der Waals surface area contributed by atoms with Gasteiger partial charge in [-0.25, -0.2) is 4.68 Å². The molecule has 0 saturated heterocycles. The van der Waals surface area contributed by atoms with Crippen molar-refractivity contribution in [3.05, 3.63) is 44.5 Å². The van der Waals surface area contributed by atoms with Crippen LogP contribution in [0, 0.1) is 14.9 Å². The van der Waals surface area contributed by atoms with Crippen molar-refractivity contribution in [2.24, 2.45) is 0 Å². The first kappa shape index (κ1) is 18.4. The molecule has 1 saturated carbocycles. The van der Waals surface area contributed by atoms with E-state index in [-0.39, 0.29) is 16.4 Å². The second kappa shape index (κ2) is 6.71. The molecule has 2 aromatic rings. The van der Waals surface area contributed by atoms with Crippen LogP contribution in [0.2, 0.25) is 0 Å². The fraction of sp³-hybridized carbons (Fsp3) is 0.467. The summed E-state index contributed by atoms with van der Waals surface area (Å²) in [6, 6.07) is 2.24. The number of benzene rings is 1. The number of alkyl halides is 3. The van der Waals surface area contributed by atoms with E-state index in [0.717, 1.165) is 48.9 Å². The molecule has 0 amide bonds. The summed E-state index contributed by atoms with van der Waals surface area (Å²) in [5.41, 5.74) is -1.99. The van der Waals surface area contributed by atoms with Crippen LogP contribution < -0.4 is 5.84 Å². The molecule has 1 aliphatic carbocycles. The lowest BCUT2D eigenvalue weighted by Gasteiger charge is -2.19. The van der Waals surface area contributed by atoms with Gasteiger partial charge in [-0.15, -0.1) is 5.10 Å². The lowest BCUT2D eigenvalue weighted by atomic mass is 9.89. The Morgan fingerprint density at radius 2 is 1.92 bits per heavy atom. The van der Waals surface area contributed by atoms with Gasteiger partial charge in [0, 0.05) is 12.0 Å². The highest BCUT2D eigenvalue weighted by atomic mass is 32.1. The van der Waals surface area contributed by atoms with E-state index >= 15 is 0 Å². The molecule has 11 heteroatoms. The van der Waals surface area contributed by atoms with Crippen molar-refractivity contribution < 1.29 is 18.1 Å². The molecule has 0 atom stereocenters. The van der Waals surface area contributed by atoms with Gasteiger partial charge in [-0.1, -0.05) is 19.3 Å². The molecule has 1 aromatic carbocycles. The van der Waals surface area contributed by atoms with E-state index in [1.54, 1.807) is 0 Å². The van der Waals surface area contributed by atoms with Crippen molar-refractivity contribution in [3.8, 4) is 5.69 Å². The Bertz CT molecular complexity index is 900. The molecule has 0 unspecified atom stereocenters. The highest BCUT2D eigenvalue weighted by Crippen LogP contribution is 2.35. The van der Waals surface area contributed by atoms with E-state index in [2.05, 4.69) is 5.10 Å². The summed E-state index contributed by atoms with van der Waals surface area (Å²) in [7, 11) is 0. The zero-order valence-electron chi connectivity index (χ0n) is 13.6. The number of nitro groups is 1. The van der Waals surface area contributed by atoms with Crippen LogP contribution in [0.15, 0.2) is 18.2 Å². The number of nitrogens with two attached hydrogens (primary N) is 1. The standard InChI is InChI=1S/C15H16F3N5O2S/c16-15(17,18)10-6-7-11(12(8-10)23(24)25)22-14(26)21(19)13(20-22)9-4-2-1-3-5-9/h6-9H,1-5,19H2. The van der Waals surface area contributed by atoms with E-state index in [4.69, 9.17) is 18.1 Å². The Morgan fingerprint density at radius 1 is 1.27 bits per heavy atom. The third kappa shape index (κ3) is 3.30. The summed E-state index contributed by atoms with van der Waals surface area (Å²) < 4.78 is 40.8. The van der Waals surface area contributed by atoms with Gasteiger partial charge in [-0.05, 0) is 37.2 Å². The number of nitrogens with zero attached hydrogens (tertiary/aromatic N) is 4. The molecule has 0 spiro atoms. The van der Waals surface area contributed by atoms with Gasteiger partial charge in [0.1, 0.15) is 5.69 Å². The summed E-state index contributed by atoms with van der Waals surface area (Å²) in [6.07, 6.45) is 0.212. The fourth-order valence-electron chi connectivity index (χ4n) is 3.21. The highest BCUT2D eigenvalue weighted by Gasteiger charge is 2.34. The SMILES string of the molecule is Nn1c(C2CCCCC2)nn(-c2ccc(C(F)(F)F)cc2[N+](=O)[O-])c1=S. The maximum absolute atomic E-state index is 12.9. The van der Waals surface area contributed by atoms with Crippen molar-refractivity contribution in [2.45, 2.75) is 44.2 Å². The van der Waals surface area contributed by atoms with Crippen molar-refractivity contribution >= 4 is 17.9 Å². The maximum atomic E-state index is 12.9. The molecule has 0 aliphatic heterocycles. The minimum Gasteiger partial charge on any atom is -0.335 e. The van der Waals surface area contributed by atoms with Crippen molar-refractivity contribution in [3.63, 3.8) is 0 Å². The number of halogens is 3. The number of nitro benzene ring substituents is 1. The van der Waals surface area contributed by atoms with Gasteiger partial charge in [0.15, 0.2) is 5.82 Å². The van der Waals surface area contributed by atoms with Gasteiger partial charge >= 0.3 is 6.18 Å². The van der Waals surface area contributed by atoms with Crippen LogP contribution in [0.25, 0.3) is 5.69 Å². The van der Waals surface area contributed by atoms with Crippen molar-refractivity contribution in [2.75, 3.05) is 5.84 Å². The molecular weight excluding hydrogens is 371 g/mol. The normalized spacial score (nSPS) is 16.0. The Hall–Kier alpha value is -2.43. The largest absolute Gasteiger partial charge is 0.416 e. The Balaban J connectivity index is 2.12. The predicted octanol–water partition coefficient (Wildman–Crippen LogP) is 4.09. The third-order valence-corrected chi connectivity index (χ3v) is 4.90. The monoisotopic (exact) mass is 387 g/mol. The van der Waals surface area contributed by atoms with Crippen molar-refractivity contribution in [1.82, 2.24) is 14.5 Å². The zero-order chi connectivity index (χ0) is 19.1. The van der Waals surface area contributed by atoms with Crippen LogP contribution >= 0.6 is 12.2 Å². The number of hydrogen-bond acceptors (Lipinski definition) is 5. The summed E-state index contributed by atoms with van der Waals surface area (Å²) in [5.74, 6) is 6.54. The number of nitrogen functional groups attached to an aromatic ring is 1.